The first kappa shape index (κ1) is 22.2. The molecule has 31 heavy (non-hydrogen) atoms. The number of methoxy groups -OCH3 is 2. The minimum atomic E-state index is -4.02. The molecule has 3 rings (SSSR count). The van der Waals surface area contributed by atoms with Gasteiger partial charge in [-0.1, -0.05) is 30.3 Å². The van der Waals surface area contributed by atoms with Crippen LogP contribution in [0.3, 0.4) is 0 Å². The van der Waals surface area contributed by atoms with Crippen molar-refractivity contribution in [2.24, 2.45) is 0 Å². The molecule has 0 radical (unpaired) electrons. The smallest absolute Gasteiger partial charge is 0.337 e. The zero-order valence-corrected chi connectivity index (χ0v) is 18.3. The van der Waals surface area contributed by atoms with Gasteiger partial charge in [-0.2, -0.15) is 0 Å². The number of ether oxygens (including phenoxy) is 2. The molecule has 7 nitrogen and oxygen atoms in total. The lowest BCUT2D eigenvalue weighted by molar-refractivity contribution is 0.0600. The van der Waals surface area contributed by atoms with E-state index in [4.69, 9.17) is 9.47 Å². The number of hydrogen-bond acceptors (Lipinski definition) is 6. The van der Waals surface area contributed by atoms with Crippen molar-refractivity contribution in [3.05, 3.63) is 83.9 Å². The van der Waals surface area contributed by atoms with Gasteiger partial charge in [0.05, 0.1) is 25.5 Å². The molecule has 0 amide bonds. The summed E-state index contributed by atoms with van der Waals surface area (Å²) in [5.41, 5.74) is 1.86. The molecule has 0 saturated heterocycles. The summed E-state index contributed by atoms with van der Waals surface area (Å²) in [7, 11) is -1.24. The third kappa shape index (κ3) is 5.35. The SMILES string of the molecule is COC(=O)c1ccc(NC(C)c2ccccc2)c(S(=O)(=O)Nc2ccc(OC)cc2)c1. The minimum Gasteiger partial charge on any atom is -0.497 e. The van der Waals surface area contributed by atoms with Crippen molar-refractivity contribution in [1.29, 1.82) is 0 Å². The molecule has 1 atom stereocenters. The van der Waals surface area contributed by atoms with Gasteiger partial charge in [-0.3, -0.25) is 4.72 Å². The van der Waals surface area contributed by atoms with E-state index in [9.17, 15) is 13.2 Å². The van der Waals surface area contributed by atoms with Crippen LogP contribution in [0.15, 0.2) is 77.7 Å². The maximum atomic E-state index is 13.2. The second-order valence-corrected chi connectivity index (χ2v) is 8.46. The molecule has 2 N–H and O–H groups in total. The van der Waals surface area contributed by atoms with Crippen LogP contribution in [0.25, 0.3) is 0 Å². The molecule has 0 spiro atoms. The second-order valence-electron chi connectivity index (χ2n) is 6.81. The Labute approximate surface area is 182 Å². The number of benzene rings is 3. The highest BCUT2D eigenvalue weighted by molar-refractivity contribution is 7.92. The summed E-state index contributed by atoms with van der Waals surface area (Å²) in [6.45, 7) is 1.93. The van der Waals surface area contributed by atoms with Gasteiger partial charge in [-0.05, 0) is 55.0 Å². The van der Waals surface area contributed by atoms with Gasteiger partial charge in [0, 0.05) is 11.7 Å². The van der Waals surface area contributed by atoms with E-state index in [0.717, 1.165) is 5.56 Å². The molecule has 0 bridgehead atoms. The number of nitrogens with one attached hydrogen (secondary N) is 2. The second kappa shape index (κ2) is 9.53. The summed E-state index contributed by atoms with van der Waals surface area (Å²) in [4.78, 5) is 11.9. The van der Waals surface area contributed by atoms with Gasteiger partial charge in [-0.15, -0.1) is 0 Å². The first-order chi connectivity index (χ1) is 14.8. The van der Waals surface area contributed by atoms with Crippen LogP contribution in [-0.4, -0.2) is 28.6 Å². The highest BCUT2D eigenvalue weighted by Gasteiger charge is 2.23. The first-order valence-electron chi connectivity index (χ1n) is 9.55. The number of rotatable bonds is 8. The van der Waals surface area contributed by atoms with Gasteiger partial charge in [-0.25, -0.2) is 13.2 Å². The molecule has 3 aromatic rings. The van der Waals surface area contributed by atoms with Crippen LogP contribution >= 0.6 is 0 Å². The van der Waals surface area contributed by atoms with E-state index in [2.05, 4.69) is 10.0 Å². The van der Waals surface area contributed by atoms with E-state index < -0.39 is 16.0 Å². The summed E-state index contributed by atoms with van der Waals surface area (Å²) in [5, 5.41) is 3.23. The van der Waals surface area contributed by atoms with Gasteiger partial charge in [0.2, 0.25) is 0 Å². The summed E-state index contributed by atoms with van der Waals surface area (Å²) in [6, 6.07) is 20.4. The van der Waals surface area contributed by atoms with Gasteiger partial charge >= 0.3 is 5.97 Å². The molecule has 0 aromatic heterocycles. The van der Waals surface area contributed by atoms with E-state index >= 15 is 0 Å². The molecule has 1 unspecified atom stereocenters. The van der Waals surface area contributed by atoms with Crippen molar-refractivity contribution in [2.75, 3.05) is 24.3 Å². The van der Waals surface area contributed by atoms with Crippen molar-refractivity contribution < 1.29 is 22.7 Å². The highest BCUT2D eigenvalue weighted by atomic mass is 32.2. The fourth-order valence-electron chi connectivity index (χ4n) is 3.04. The van der Waals surface area contributed by atoms with E-state index in [1.54, 1.807) is 30.3 Å². The topological polar surface area (TPSA) is 93.7 Å². The van der Waals surface area contributed by atoms with Crippen molar-refractivity contribution >= 4 is 27.4 Å². The number of esters is 1. The van der Waals surface area contributed by atoms with Crippen molar-refractivity contribution in [3.8, 4) is 5.75 Å². The standard InChI is InChI=1S/C23H24N2O5S/c1-16(17-7-5-4-6-8-17)24-21-14-9-18(23(26)30-3)15-22(21)31(27,28)25-19-10-12-20(29-2)13-11-19/h4-16,24-25H,1-3H3. The third-order valence-corrected chi connectivity index (χ3v) is 6.13. The van der Waals surface area contributed by atoms with Crippen molar-refractivity contribution in [1.82, 2.24) is 0 Å². The zero-order valence-electron chi connectivity index (χ0n) is 17.5. The molecule has 0 aliphatic carbocycles. The van der Waals surface area contributed by atoms with E-state index in [-0.39, 0.29) is 16.5 Å². The lowest BCUT2D eigenvalue weighted by Gasteiger charge is -2.19. The average Bonchev–Trinajstić information content (AvgIpc) is 2.79. The van der Waals surface area contributed by atoms with Crippen molar-refractivity contribution in [3.63, 3.8) is 0 Å². The Morgan fingerprint density at radius 2 is 1.61 bits per heavy atom. The van der Waals surface area contributed by atoms with Gasteiger partial charge < -0.3 is 14.8 Å². The van der Waals surface area contributed by atoms with Crippen LogP contribution < -0.4 is 14.8 Å². The maximum Gasteiger partial charge on any atom is 0.337 e. The lowest BCUT2D eigenvalue weighted by atomic mass is 10.1. The van der Waals surface area contributed by atoms with Crippen LogP contribution in [0.5, 0.6) is 5.75 Å². The quantitative estimate of drug-likeness (QED) is 0.503. The van der Waals surface area contributed by atoms with Crippen LogP contribution in [0, 0.1) is 0 Å². The van der Waals surface area contributed by atoms with E-state index in [1.807, 2.05) is 37.3 Å². The normalized spacial score (nSPS) is 12.0. The fraction of sp³-hybridized carbons (Fsp3) is 0.174. The van der Waals surface area contributed by atoms with Crippen LogP contribution in [0.2, 0.25) is 0 Å². The fourth-order valence-corrected chi connectivity index (χ4v) is 4.29. The molecule has 0 fully saturated rings. The number of sulfonamides is 1. The lowest BCUT2D eigenvalue weighted by Crippen LogP contribution is -2.18. The summed E-state index contributed by atoms with van der Waals surface area (Å²) < 4.78 is 38.8. The van der Waals surface area contributed by atoms with Crippen LogP contribution in [0.1, 0.15) is 28.9 Å². The summed E-state index contributed by atoms with van der Waals surface area (Å²) in [5.74, 6) is -0.0155. The maximum absolute atomic E-state index is 13.2. The number of anilines is 2. The Bertz CT molecular complexity index is 1150. The molecule has 3 aromatic carbocycles. The molecule has 8 heteroatoms. The van der Waals surface area contributed by atoms with Crippen LogP contribution in [-0.2, 0) is 14.8 Å². The molecule has 0 aliphatic rings. The highest BCUT2D eigenvalue weighted by Crippen LogP contribution is 2.29. The van der Waals surface area contributed by atoms with E-state index in [1.165, 1.54) is 26.4 Å². The van der Waals surface area contributed by atoms with Crippen LogP contribution in [0.4, 0.5) is 11.4 Å². The largest absolute Gasteiger partial charge is 0.497 e. The number of carbonyl (C=O) groups is 1. The Balaban J connectivity index is 1.98. The molecule has 0 heterocycles. The monoisotopic (exact) mass is 440 g/mol. The number of carbonyl (C=O) groups excluding carboxylic acids is 1. The van der Waals surface area contributed by atoms with Gasteiger partial charge in [0.25, 0.3) is 10.0 Å². The Kier molecular flexibility index (Phi) is 6.81. The summed E-state index contributed by atoms with van der Waals surface area (Å²) >= 11 is 0. The first-order valence-corrected chi connectivity index (χ1v) is 11.0. The number of hydrogen-bond donors (Lipinski definition) is 2. The van der Waals surface area contributed by atoms with E-state index in [0.29, 0.717) is 17.1 Å². The van der Waals surface area contributed by atoms with Gasteiger partial charge in [0.15, 0.2) is 0 Å². The molecular weight excluding hydrogens is 416 g/mol. The Morgan fingerprint density at radius 3 is 2.23 bits per heavy atom. The van der Waals surface area contributed by atoms with Gasteiger partial charge in [0.1, 0.15) is 10.6 Å². The molecule has 162 valence electrons. The molecular formula is C23H24N2O5S. The average molecular weight is 441 g/mol. The third-order valence-electron chi connectivity index (χ3n) is 4.71. The van der Waals surface area contributed by atoms with Crippen molar-refractivity contribution in [2.45, 2.75) is 17.9 Å². The Hall–Kier alpha value is -3.52. The summed E-state index contributed by atoms with van der Waals surface area (Å²) in [6.07, 6.45) is 0. The zero-order chi connectivity index (χ0) is 22.4. The molecule has 0 aliphatic heterocycles. The predicted molar refractivity (Wildman–Crippen MR) is 120 cm³/mol. The minimum absolute atomic E-state index is 0.0611. The predicted octanol–water partition coefficient (Wildman–Crippen LogP) is 4.46. The Morgan fingerprint density at radius 1 is 0.935 bits per heavy atom. The molecule has 0 saturated carbocycles.